The van der Waals surface area contributed by atoms with Crippen LogP contribution in [0.1, 0.15) is 54.4 Å². The molecule has 8 heteroatoms. The maximum atomic E-state index is 13.7. The highest BCUT2D eigenvalue weighted by molar-refractivity contribution is 8.02. The number of hydrogen-bond acceptors (Lipinski definition) is 5. The summed E-state index contributed by atoms with van der Waals surface area (Å²) in [5.41, 5.74) is -0.408. The highest BCUT2D eigenvalue weighted by Gasteiger charge is 2.75. The van der Waals surface area contributed by atoms with Crippen molar-refractivity contribution >= 4 is 29.5 Å². The Morgan fingerprint density at radius 3 is 2.40 bits per heavy atom. The lowest BCUT2D eigenvalue weighted by molar-refractivity contribution is -0.140. The summed E-state index contributed by atoms with van der Waals surface area (Å²) in [5.74, 6) is -1.29. The first-order valence-corrected chi connectivity index (χ1v) is 11.8. The van der Waals surface area contributed by atoms with E-state index in [1.807, 2.05) is 13.8 Å². The van der Waals surface area contributed by atoms with Gasteiger partial charge in [0.25, 0.3) is 0 Å². The first-order valence-electron chi connectivity index (χ1n) is 10.9. The van der Waals surface area contributed by atoms with Gasteiger partial charge in [-0.25, -0.2) is 0 Å². The average molecular weight is 440 g/mol. The van der Waals surface area contributed by atoms with Crippen LogP contribution in [0.15, 0.2) is 0 Å². The summed E-state index contributed by atoms with van der Waals surface area (Å²) >= 11 is 1.65. The predicted octanol–water partition coefficient (Wildman–Crippen LogP) is 1.39. The van der Waals surface area contributed by atoms with E-state index in [0.717, 1.165) is 12.8 Å². The van der Waals surface area contributed by atoms with Gasteiger partial charge in [0.15, 0.2) is 0 Å². The molecule has 3 aliphatic rings. The third-order valence-corrected chi connectivity index (χ3v) is 8.89. The van der Waals surface area contributed by atoms with Crippen LogP contribution in [0.3, 0.4) is 0 Å². The molecule has 170 valence electrons. The standard InChI is InChI=1S/C22H37N3O4S/c1-12-10-13-14(17(27)23-7)15-19(29)25(8-9-26)16(22(12,15)30-13)18(28)24-21(5,6)11-20(2,3)4/h12-16,26H,8-11H2,1-7H3,(H,23,27)(H,24,28)/t12?,13-,14+,15+,16?,22?/m1/s1. The van der Waals surface area contributed by atoms with Crippen LogP contribution in [0.4, 0.5) is 0 Å². The van der Waals surface area contributed by atoms with Crippen molar-refractivity contribution in [3.8, 4) is 0 Å². The zero-order valence-electron chi connectivity index (χ0n) is 19.2. The summed E-state index contributed by atoms with van der Waals surface area (Å²) in [6.45, 7) is 12.4. The van der Waals surface area contributed by atoms with Gasteiger partial charge in [-0.2, -0.15) is 0 Å². The molecule has 3 aliphatic heterocycles. The number of fused-ring (bicyclic) bond motifs is 1. The molecular formula is C22H37N3O4S. The van der Waals surface area contributed by atoms with Crippen molar-refractivity contribution in [2.75, 3.05) is 20.2 Å². The number of nitrogens with zero attached hydrogens (tertiary/aromatic N) is 1. The smallest absolute Gasteiger partial charge is 0.244 e. The molecule has 0 aromatic rings. The van der Waals surface area contributed by atoms with Crippen LogP contribution in [-0.2, 0) is 14.4 Å². The Balaban J connectivity index is 1.99. The Bertz CT molecular complexity index is 734. The number of likely N-dealkylation sites (tertiary alicyclic amines) is 1. The van der Waals surface area contributed by atoms with E-state index in [1.54, 1.807) is 18.8 Å². The Hall–Kier alpha value is -1.28. The average Bonchev–Trinajstić information content (AvgIpc) is 3.16. The van der Waals surface area contributed by atoms with Gasteiger partial charge in [0.1, 0.15) is 6.04 Å². The molecule has 0 radical (unpaired) electrons. The summed E-state index contributed by atoms with van der Waals surface area (Å²) in [5, 5.41) is 15.6. The topological polar surface area (TPSA) is 98.7 Å². The van der Waals surface area contributed by atoms with Crippen molar-refractivity contribution in [3.05, 3.63) is 0 Å². The van der Waals surface area contributed by atoms with Crippen LogP contribution < -0.4 is 10.6 Å². The van der Waals surface area contributed by atoms with E-state index >= 15 is 0 Å². The Morgan fingerprint density at radius 1 is 1.23 bits per heavy atom. The maximum Gasteiger partial charge on any atom is 0.244 e. The number of aliphatic hydroxyl groups excluding tert-OH is 1. The van der Waals surface area contributed by atoms with Crippen LogP contribution in [-0.4, -0.2) is 69.5 Å². The first kappa shape index (κ1) is 23.4. The fraction of sp³-hybridized carbons (Fsp3) is 0.864. The van der Waals surface area contributed by atoms with Crippen LogP contribution in [0, 0.1) is 23.2 Å². The number of carbonyl (C=O) groups excluding carboxylic acids is 3. The molecule has 3 saturated heterocycles. The molecule has 3 unspecified atom stereocenters. The van der Waals surface area contributed by atoms with Crippen LogP contribution >= 0.6 is 11.8 Å². The number of carbonyl (C=O) groups is 3. The second-order valence-corrected chi connectivity index (χ2v) is 12.6. The molecule has 3 N–H and O–H groups in total. The normalized spacial score (nSPS) is 35.5. The Labute approximate surface area is 184 Å². The molecule has 0 aromatic heterocycles. The van der Waals surface area contributed by atoms with Crippen LogP contribution in [0.5, 0.6) is 0 Å². The first-order chi connectivity index (χ1) is 13.8. The van der Waals surface area contributed by atoms with Gasteiger partial charge in [0, 0.05) is 24.4 Å². The number of rotatable bonds is 6. The lowest BCUT2D eigenvalue weighted by Gasteiger charge is -2.41. The molecule has 3 rings (SSSR count). The SMILES string of the molecule is CNC(=O)[C@@H]1[C@H]2C(=O)N(CCO)C(C(=O)NC(C)(C)CC(C)(C)C)C23S[C@@H]1CC3C. The lowest BCUT2D eigenvalue weighted by Crippen LogP contribution is -2.60. The van der Waals surface area contributed by atoms with Gasteiger partial charge in [-0.3, -0.25) is 14.4 Å². The number of aliphatic hydroxyl groups is 1. The van der Waals surface area contributed by atoms with Crippen molar-refractivity contribution in [1.29, 1.82) is 0 Å². The second-order valence-electron chi connectivity index (χ2n) is 11.0. The molecule has 7 nitrogen and oxygen atoms in total. The zero-order chi connectivity index (χ0) is 22.6. The molecule has 3 amide bonds. The van der Waals surface area contributed by atoms with Gasteiger partial charge >= 0.3 is 0 Å². The quantitative estimate of drug-likeness (QED) is 0.581. The van der Waals surface area contributed by atoms with Crippen molar-refractivity contribution < 1.29 is 19.5 Å². The van der Waals surface area contributed by atoms with Gasteiger partial charge in [0.2, 0.25) is 17.7 Å². The molecule has 3 heterocycles. The third kappa shape index (κ3) is 3.64. The molecule has 1 spiro atoms. The van der Waals surface area contributed by atoms with E-state index in [2.05, 4.69) is 38.3 Å². The number of thioether (sulfide) groups is 1. The summed E-state index contributed by atoms with van der Waals surface area (Å²) < 4.78 is -0.629. The lowest BCUT2D eigenvalue weighted by atomic mass is 9.65. The fourth-order valence-corrected chi connectivity index (χ4v) is 8.83. The van der Waals surface area contributed by atoms with Crippen molar-refractivity contribution in [1.82, 2.24) is 15.5 Å². The maximum absolute atomic E-state index is 13.7. The molecule has 2 bridgehead atoms. The van der Waals surface area contributed by atoms with Gasteiger partial charge in [-0.05, 0) is 38.0 Å². The summed E-state index contributed by atoms with van der Waals surface area (Å²) in [6, 6.07) is -0.680. The van der Waals surface area contributed by atoms with Crippen molar-refractivity contribution in [2.24, 2.45) is 23.2 Å². The second kappa shape index (κ2) is 7.69. The van der Waals surface area contributed by atoms with Crippen molar-refractivity contribution in [2.45, 2.75) is 76.0 Å². The summed E-state index contributed by atoms with van der Waals surface area (Å²) in [7, 11) is 1.60. The van der Waals surface area contributed by atoms with E-state index < -0.39 is 28.2 Å². The van der Waals surface area contributed by atoms with Crippen molar-refractivity contribution in [3.63, 3.8) is 0 Å². The third-order valence-electron chi connectivity index (χ3n) is 6.82. The van der Waals surface area contributed by atoms with Gasteiger partial charge in [-0.15, -0.1) is 11.8 Å². The minimum absolute atomic E-state index is 0.0338. The number of nitrogens with one attached hydrogen (secondary N) is 2. The van der Waals surface area contributed by atoms with Crippen LogP contribution in [0.2, 0.25) is 0 Å². The molecule has 30 heavy (non-hydrogen) atoms. The number of β-amino-alcohol motifs (C(OH)–C–C–N with tert-alkyl or cyclic N) is 1. The monoisotopic (exact) mass is 439 g/mol. The summed E-state index contributed by atoms with van der Waals surface area (Å²) in [4.78, 5) is 41.4. The van der Waals surface area contributed by atoms with E-state index in [1.165, 1.54) is 4.90 Å². The minimum atomic E-state index is -0.680. The molecule has 0 saturated carbocycles. The molecule has 0 aliphatic carbocycles. The van der Waals surface area contributed by atoms with Gasteiger partial charge in [0.05, 0.1) is 23.2 Å². The molecular weight excluding hydrogens is 402 g/mol. The van der Waals surface area contributed by atoms with E-state index in [0.29, 0.717) is 0 Å². The molecule has 6 atom stereocenters. The highest BCUT2D eigenvalue weighted by Crippen LogP contribution is 2.68. The summed E-state index contributed by atoms with van der Waals surface area (Å²) in [6.07, 6.45) is 1.60. The van der Waals surface area contributed by atoms with E-state index in [4.69, 9.17) is 0 Å². The fourth-order valence-electron chi connectivity index (χ4n) is 6.41. The van der Waals surface area contributed by atoms with E-state index in [9.17, 15) is 19.5 Å². The zero-order valence-corrected chi connectivity index (χ0v) is 20.1. The van der Waals surface area contributed by atoms with E-state index in [-0.39, 0.29) is 47.5 Å². The molecule has 3 fully saturated rings. The number of hydrogen-bond donors (Lipinski definition) is 3. The van der Waals surface area contributed by atoms with Gasteiger partial charge in [-0.1, -0.05) is 27.7 Å². The van der Waals surface area contributed by atoms with Gasteiger partial charge < -0.3 is 20.6 Å². The Kier molecular flexibility index (Phi) is 6.00. The largest absolute Gasteiger partial charge is 0.395 e. The minimum Gasteiger partial charge on any atom is -0.395 e. The highest BCUT2D eigenvalue weighted by atomic mass is 32.2. The number of amides is 3. The Morgan fingerprint density at radius 2 is 1.87 bits per heavy atom. The van der Waals surface area contributed by atoms with Crippen LogP contribution in [0.25, 0.3) is 0 Å². The molecule has 0 aromatic carbocycles. The predicted molar refractivity (Wildman–Crippen MR) is 118 cm³/mol.